The summed E-state index contributed by atoms with van der Waals surface area (Å²) in [5, 5.41) is 12.1. The molecule has 0 aliphatic carbocycles. The first kappa shape index (κ1) is 18.0. The Labute approximate surface area is 128 Å². The highest BCUT2D eigenvalue weighted by molar-refractivity contribution is 5.81. The third kappa shape index (κ3) is 6.46. The van der Waals surface area contributed by atoms with Gasteiger partial charge in [0.1, 0.15) is 0 Å². The molecular weight excluding hydrogens is 268 g/mol. The maximum Gasteiger partial charge on any atom is 0.317 e. The van der Waals surface area contributed by atoms with E-state index < -0.39 is 11.4 Å². The molecule has 0 saturated carbocycles. The molecule has 1 amide bonds. The van der Waals surface area contributed by atoms with Crippen LogP contribution in [0.1, 0.15) is 53.4 Å². The summed E-state index contributed by atoms with van der Waals surface area (Å²) in [6, 6.07) is 0.0617. The van der Waals surface area contributed by atoms with Gasteiger partial charge in [0, 0.05) is 24.5 Å². The highest BCUT2D eigenvalue weighted by atomic mass is 16.4. The van der Waals surface area contributed by atoms with Gasteiger partial charge >= 0.3 is 5.97 Å². The van der Waals surface area contributed by atoms with Crippen molar-refractivity contribution in [2.24, 2.45) is 11.3 Å². The summed E-state index contributed by atoms with van der Waals surface area (Å²) in [5.41, 5.74) is -0.409. The van der Waals surface area contributed by atoms with Gasteiger partial charge in [0.05, 0.1) is 6.54 Å². The lowest BCUT2D eigenvalue weighted by atomic mass is 9.88. The standard InChI is InChI=1S/C16H30N2O3/c1-5-6-7-12-8-13(17-15(21)16(2,3)4)10-18(9-12)11-14(19)20/h12-13H,5-11H2,1-4H3,(H,17,21)(H,19,20). The molecule has 1 aliphatic rings. The Morgan fingerprint density at radius 1 is 1.29 bits per heavy atom. The Kier molecular flexibility index (Phi) is 6.65. The van der Waals surface area contributed by atoms with Crippen LogP contribution in [0.3, 0.4) is 0 Å². The number of nitrogens with zero attached hydrogens (tertiary/aromatic N) is 1. The smallest absolute Gasteiger partial charge is 0.317 e. The minimum Gasteiger partial charge on any atom is -0.480 e. The molecule has 1 heterocycles. The zero-order valence-corrected chi connectivity index (χ0v) is 13.8. The number of carbonyl (C=O) groups is 2. The second-order valence-electron chi connectivity index (χ2n) is 7.25. The average molecular weight is 298 g/mol. The van der Waals surface area contributed by atoms with Gasteiger partial charge in [-0.15, -0.1) is 0 Å². The first-order chi connectivity index (χ1) is 9.72. The van der Waals surface area contributed by atoms with Crippen molar-refractivity contribution in [3.05, 3.63) is 0 Å². The summed E-state index contributed by atoms with van der Waals surface area (Å²) in [6.45, 7) is 9.38. The van der Waals surface area contributed by atoms with Crippen LogP contribution < -0.4 is 5.32 Å². The third-order valence-electron chi connectivity index (χ3n) is 3.95. The molecule has 0 radical (unpaired) electrons. The summed E-state index contributed by atoms with van der Waals surface area (Å²) in [6.07, 6.45) is 4.37. The molecule has 2 atom stereocenters. The van der Waals surface area contributed by atoms with E-state index in [-0.39, 0.29) is 18.5 Å². The number of hydrogen-bond acceptors (Lipinski definition) is 3. The second-order valence-corrected chi connectivity index (χ2v) is 7.25. The van der Waals surface area contributed by atoms with Gasteiger partial charge in [-0.1, -0.05) is 40.5 Å². The lowest BCUT2D eigenvalue weighted by Gasteiger charge is -2.38. The van der Waals surface area contributed by atoms with E-state index in [1.54, 1.807) is 0 Å². The Morgan fingerprint density at radius 3 is 2.48 bits per heavy atom. The number of aliphatic carboxylic acids is 1. The van der Waals surface area contributed by atoms with Crippen molar-refractivity contribution >= 4 is 11.9 Å². The molecule has 5 heteroatoms. The average Bonchev–Trinajstić information content (AvgIpc) is 2.34. The van der Waals surface area contributed by atoms with Crippen molar-refractivity contribution in [2.75, 3.05) is 19.6 Å². The van der Waals surface area contributed by atoms with Gasteiger partial charge in [-0.05, 0) is 18.8 Å². The Hall–Kier alpha value is -1.10. The van der Waals surface area contributed by atoms with Crippen LogP contribution in [0.4, 0.5) is 0 Å². The minimum absolute atomic E-state index is 0.0407. The van der Waals surface area contributed by atoms with E-state index >= 15 is 0 Å². The Balaban J connectivity index is 2.64. The predicted octanol–water partition coefficient (Wildman–Crippen LogP) is 2.11. The molecule has 0 aromatic heterocycles. The predicted molar refractivity (Wildman–Crippen MR) is 83.1 cm³/mol. The van der Waals surface area contributed by atoms with Gasteiger partial charge in [0.15, 0.2) is 0 Å². The van der Waals surface area contributed by atoms with Crippen LogP contribution in [0, 0.1) is 11.3 Å². The highest BCUT2D eigenvalue weighted by Gasteiger charge is 2.31. The fraction of sp³-hybridized carbons (Fsp3) is 0.875. The van der Waals surface area contributed by atoms with Crippen LogP contribution >= 0.6 is 0 Å². The van der Waals surface area contributed by atoms with Crippen LogP contribution in [0.5, 0.6) is 0 Å². The van der Waals surface area contributed by atoms with E-state index in [9.17, 15) is 9.59 Å². The van der Waals surface area contributed by atoms with Crippen molar-refractivity contribution < 1.29 is 14.7 Å². The number of unbranched alkanes of at least 4 members (excludes halogenated alkanes) is 1. The van der Waals surface area contributed by atoms with Gasteiger partial charge in [0.2, 0.25) is 5.91 Å². The van der Waals surface area contributed by atoms with Crippen LogP contribution in [-0.2, 0) is 9.59 Å². The molecular formula is C16H30N2O3. The fourth-order valence-electron chi connectivity index (χ4n) is 2.83. The van der Waals surface area contributed by atoms with Crippen molar-refractivity contribution in [1.29, 1.82) is 0 Å². The van der Waals surface area contributed by atoms with Gasteiger partial charge in [0.25, 0.3) is 0 Å². The monoisotopic (exact) mass is 298 g/mol. The van der Waals surface area contributed by atoms with E-state index in [1.807, 2.05) is 25.7 Å². The zero-order valence-electron chi connectivity index (χ0n) is 13.8. The first-order valence-corrected chi connectivity index (χ1v) is 7.97. The van der Waals surface area contributed by atoms with E-state index in [4.69, 9.17) is 5.11 Å². The largest absolute Gasteiger partial charge is 0.480 e. The quantitative estimate of drug-likeness (QED) is 0.788. The Morgan fingerprint density at radius 2 is 1.95 bits per heavy atom. The van der Waals surface area contributed by atoms with E-state index in [0.717, 1.165) is 32.2 Å². The molecule has 2 N–H and O–H groups in total. The number of likely N-dealkylation sites (tertiary alicyclic amines) is 1. The van der Waals surface area contributed by atoms with E-state index in [2.05, 4.69) is 12.2 Å². The van der Waals surface area contributed by atoms with Crippen LogP contribution in [0.25, 0.3) is 0 Å². The topological polar surface area (TPSA) is 69.6 Å². The van der Waals surface area contributed by atoms with Crippen molar-refractivity contribution in [2.45, 2.75) is 59.4 Å². The van der Waals surface area contributed by atoms with Gasteiger partial charge in [-0.25, -0.2) is 0 Å². The summed E-state index contributed by atoms with van der Waals surface area (Å²) in [4.78, 5) is 25.0. The molecule has 0 spiro atoms. The van der Waals surface area contributed by atoms with E-state index in [1.165, 1.54) is 0 Å². The summed E-state index contributed by atoms with van der Waals surface area (Å²) in [5.74, 6) is -0.283. The number of piperidine rings is 1. The number of carbonyl (C=O) groups excluding carboxylic acids is 1. The van der Waals surface area contributed by atoms with Gasteiger partial charge in [-0.2, -0.15) is 0 Å². The molecule has 0 bridgehead atoms. The maximum absolute atomic E-state index is 12.1. The second kappa shape index (κ2) is 7.78. The third-order valence-corrected chi connectivity index (χ3v) is 3.95. The number of hydrogen-bond donors (Lipinski definition) is 2. The number of rotatable bonds is 6. The number of carboxylic acid groups (broad SMARTS) is 1. The SMILES string of the molecule is CCCCC1CC(NC(=O)C(C)(C)C)CN(CC(=O)O)C1. The number of carboxylic acids is 1. The summed E-state index contributed by atoms with van der Waals surface area (Å²) < 4.78 is 0. The highest BCUT2D eigenvalue weighted by Crippen LogP contribution is 2.23. The molecule has 5 nitrogen and oxygen atoms in total. The van der Waals surface area contributed by atoms with Gasteiger partial charge in [-0.3, -0.25) is 14.5 Å². The zero-order chi connectivity index (χ0) is 16.0. The molecule has 1 aliphatic heterocycles. The van der Waals surface area contributed by atoms with Crippen LogP contribution in [-0.4, -0.2) is 47.6 Å². The maximum atomic E-state index is 12.1. The van der Waals surface area contributed by atoms with E-state index in [0.29, 0.717) is 12.5 Å². The molecule has 1 saturated heterocycles. The minimum atomic E-state index is -0.799. The summed E-state index contributed by atoms with van der Waals surface area (Å²) in [7, 11) is 0. The van der Waals surface area contributed by atoms with Crippen molar-refractivity contribution in [3.63, 3.8) is 0 Å². The molecule has 122 valence electrons. The fourth-order valence-corrected chi connectivity index (χ4v) is 2.83. The molecule has 0 aromatic carbocycles. The van der Waals surface area contributed by atoms with Crippen LogP contribution in [0.15, 0.2) is 0 Å². The molecule has 0 aromatic rings. The number of amides is 1. The normalized spacial score (nSPS) is 23.8. The van der Waals surface area contributed by atoms with Crippen molar-refractivity contribution in [1.82, 2.24) is 10.2 Å². The number of nitrogens with one attached hydrogen (secondary N) is 1. The lowest BCUT2D eigenvalue weighted by Crippen LogP contribution is -2.53. The van der Waals surface area contributed by atoms with Crippen LogP contribution in [0.2, 0.25) is 0 Å². The molecule has 2 unspecified atom stereocenters. The van der Waals surface area contributed by atoms with Gasteiger partial charge < -0.3 is 10.4 Å². The summed E-state index contributed by atoms with van der Waals surface area (Å²) >= 11 is 0. The molecule has 1 fully saturated rings. The van der Waals surface area contributed by atoms with Crippen molar-refractivity contribution in [3.8, 4) is 0 Å². The molecule has 21 heavy (non-hydrogen) atoms. The Bertz CT molecular complexity index is 363. The molecule has 1 rings (SSSR count). The first-order valence-electron chi connectivity index (χ1n) is 7.97. The lowest BCUT2D eigenvalue weighted by molar-refractivity contribution is -0.139.